The maximum Gasteiger partial charge on any atom is 0.259 e. The summed E-state index contributed by atoms with van der Waals surface area (Å²) in [5, 5.41) is 13.3. The molecule has 0 saturated heterocycles. The quantitative estimate of drug-likeness (QED) is 0.781. The van der Waals surface area contributed by atoms with E-state index in [9.17, 15) is 5.11 Å². The fourth-order valence-electron chi connectivity index (χ4n) is 1.81. The van der Waals surface area contributed by atoms with Crippen molar-refractivity contribution >= 4 is 0 Å². The molecule has 3 aromatic rings. The Morgan fingerprint density at radius 1 is 1.24 bits per heavy atom. The van der Waals surface area contributed by atoms with Gasteiger partial charge >= 0.3 is 0 Å². The van der Waals surface area contributed by atoms with Crippen molar-refractivity contribution < 1.29 is 14.4 Å². The smallest absolute Gasteiger partial charge is 0.259 e. The van der Waals surface area contributed by atoms with E-state index in [4.69, 9.17) is 9.26 Å². The molecule has 0 bridgehead atoms. The highest BCUT2D eigenvalue weighted by molar-refractivity contribution is 5.53. The van der Waals surface area contributed by atoms with Crippen LogP contribution in [0.2, 0.25) is 0 Å². The summed E-state index contributed by atoms with van der Waals surface area (Å²) in [6, 6.07) is 5.17. The van der Waals surface area contributed by atoms with Gasteiger partial charge in [0.05, 0.1) is 18.9 Å². The Balaban J connectivity index is 1.78. The molecule has 3 rings (SSSR count). The molecule has 0 aliphatic rings. The van der Waals surface area contributed by atoms with Gasteiger partial charge < -0.3 is 14.4 Å². The predicted molar refractivity (Wildman–Crippen MR) is 72.8 cm³/mol. The second-order valence-corrected chi connectivity index (χ2v) is 4.33. The number of methoxy groups -OCH3 is 1. The van der Waals surface area contributed by atoms with Crippen molar-refractivity contribution in [3.05, 3.63) is 48.2 Å². The topological polar surface area (TPSA) is 94.2 Å². The third kappa shape index (κ3) is 2.97. The number of rotatable bonds is 4. The molecule has 7 nitrogen and oxygen atoms in total. The molecule has 0 spiro atoms. The molecule has 0 atom stereocenters. The van der Waals surface area contributed by atoms with E-state index in [1.165, 1.54) is 12.3 Å². The van der Waals surface area contributed by atoms with Gasteiger partial charge in [0.1, 0.15) is 5.75 Å². The lowest BCUT2D eigenvalue weighted by molar-refractivity contribution is 0.397. The lowest BCUT2D eigenvalue weighted by Gasteiger charge is -1.99. The van der Waals surface area contributed by atoms with Crippen LogP contribution in [0.15, 0.2) is 41.3 Å². The summed E-state index contributed by atoms with van der Waals surface area (Å²) in [6.07, 6.45) is 5.08. The number of aromatic nitrogens is 4. The van der Waals surface area contributed by atoms with Crippen LogP contribution >= 0.6 is 0 Å². The molecule has 3 aromatic heterocycles. The first-order valence-electron chi connectivity index (χ1n) is 6.20. The third-order valence-corrected chi connectivity index (χ3v) is 2.81. The van der Waals surface area contributed by atoms with Crippen molar-refractivity contribution in [1.29, 1.82) is 0 Å². The van der Waals surface area contributed by atoms with E-state index in [1.807, 2.05) is 6.07 Å². The maximum absolute atomic E-state index is 9.39. The summed E-state index contributed by atoms with van der Waals surface area (Å²) in [5.41, 5.74) is 1.51. The lowest BCUT2D eigenvalue weighted by atomic mass is 10.2. The van der Waals surface area contributed by atoms with E-state index < -0.39 is 0 Å². The van der Waals surface area contributed by atoms with Gasteiger partial charge in [-0.1, -0.05) is 11.2 Å². The van der Waals surface area contributed by atoms with Crippen molar-refractivity contribution in [3.63, 3.8) is 0 Å². The van der Waals surface area contributed by atoms with E-state index in [2.05, 4.69) is 20.1 Å². The monoisotopic (exact) mass is 284 g/mol. The molecule has 21 heavy (non-hydrogen) atoms. The fourth-order valence-corrected chi connectivity index (χ4v) is 1.81. The first-order valence-corrected chi connectivity index (χ1v) is 6.20. The van der Waals surface area contributed by atoms with Gasteiger partial charge in [-0.2, -0.15) is 4.98 Å². The highest BCUT2D eigenvalue weighted by Gasteiger charge is 2.10. The van der Waals surface area contributed by atoms with Crippen LogP contribution in [0.4, 0.5) is 0 Å². The van der Waals surface area contributed by atoms with E-state index in [1.54, 1.807) is 25.6 Å². The molecule has 0 aromatic carbocycles. The number of nitrogens with zero attached hydrogens (tertiary/aromatic N) is 4. The Kier molecular flexibility index (Phi) is 3.46. The molecular weight excluding hydrogens is 272 g/mol. The minimum Gasteiger partial charge on any atom is -0.506 e. The van der Waals surface area contributed by atoms with Crippen molar-refractivity contribution in [3.8, 4) is 23.1 Å². The standard InChI is InChI=1S/C14H12N4O3/c1-20-13-3-2-9(6-16-13)4-12-17-14(21-18-12)10-5-11(19)8-15-7-10/h2-3,5-8,19H,4H2,1H3. The predicted octanol–water partition coefficient (Wildman–Crippen LogP) is 1.83. The van der Waals surface area contributed by atoms with E-state index in [-0.39, 0.29) is 5.75 Å². The Labute approximate surface area is 120 Å². The molecule has 0 radical (unpaired) electrons. The van der Waals surface area contributed by atoms with Gasteiger partial charge in [0, 0.05) is 24.9 Å². The summed E-state index contributed by atoms with van der Waals surface area (Å²) in [5.74, 6) is 1.44. The summed E-state index contributed by atoms with van der Waals surface area (Å²) >= 11 is 0. The molecule has 0 saturated carbocycles. The van der Waals surface area contributed by atoms with E-state index >= 15 is 0 Å². The Morgan fingerprint density at radius 2 is 2.14 bits per heavy atom. The summed E-state index contributed by atoms with van der Waals surface area (Å²) in [4.78, 5) is 12.3. The number of hydrogen-bond acceptors (Lipinski definition) is 7. The number of pyridine rings is 2. The molecule has 0 aliphatic carbocycles. The average Bonchev–Trinajstić information content (AvgIpc) is 2.97. The van der Waals surface area contributed by atoms with E-state index in [0.717, 1.165) is 5.56 Å². The van der Waals surface area contributed by atoms with Gasteiger partial charge in [-0.3, -0.25) is 4.98 Å². The lowest BCUT2D eigenvalue weighted by Crippen LogP contribution is -1.93. The van der Waals surface area contributed by atoms with Gasteiger partial charge in [-0.05, 0) is 11.6 Å². The van der Waals surface area contributed by atoms with E-state index in [0.29, 0.717) is 29.6 Å². The summed E-state index contributed by atoms with van der Waals surface area (Å²) in [6.45, 7) is 0. The number of aromatic hydroxyl groups is 1. The maximum atomic E-state index is 9.39. The highest BCUT2D eigenvalue weighted by atomic mass is 16.5. The van der Waals surface area contributed by atoms with Crippen LogP contribution < -0.4 is 4.74 Å². The molecular formula is C14H12N4O3. The van der Waals surface area contributed by atoms with Crippen molar-refractivity contribution in [2.45, 2.75) is 6.42 Å². The zero-order valence-corrected chi connectivity index (χ0v) is 11.2. The van der Waals surface area contributed by atoms with Crippen LogP contribution in [-0.4, -0.2) is 32.3 Å². The van der Waals surface area contributed by atoms with Gasteiger partial charge in [0.2, 0.25) is 5.88 Å². The van der Waals surface area contributed by atoms with Crippen molar-refractivity contribution in [2.24, 2.45) is 0 Å². The summed E-state index contributed by atoms with van der Waals surface area (Å²) < 4.78 is 10.2. The zero-order chi connectivity index (χ0) is 14.7. The molecule has 3 heterocycles. The largest absolute Gasteiger partial charge is 0.506 e. The number of hydrogen-bond donors (Lipinski definition) is 1. The molecule has 1 N–H and O–H groups in total. The fraction of sp³-hybridized carbons (Fsp3) is 0.143. The number of ether oxygens (including phenoxy) is 1. The molecule has 7 heteroatoms. The normalized spacial score (nSPS) is 10.5. The van der Waals surface area contributed by atoms with Crippen LogP contribution in [-0.2, 0) is 6.42 Å². The first kappa shape index (κ1) is 13.0. The Hall–Kier alpha value is -2.96. The van der Waals surface area contributed by atoms with Gasteiger partial charge in [-0.15, -0.1) is 0 Å². The van der Waals surface area contributed by atoms with Gasteiger partial charge in [0.15, 0.2) is 5.82 Å². The van der Waals surface area contributed by atoms with Crippen LogP contribution in [0.3, 0.4) is 0 Å². The zero-order valence-electron chi connectivity index (χ0n) is 11.2. The van der Waals surface area contributed by atoms with Crippen LogP contribution in [0.25, 0.3) is 11.5 Å². The van der Waals surface area contributed by atoms with Crippen LogP contribution in [0.5, 0.6) is 11.6 Å². The summed E-state index contributed by atoms with van der Waals surface area (Å²) in [7, 11) is 1.57. The minimum atomic E-state index is 0.0478. The minimum absolute atomic E-state index is 0.0478. The Bertz CT molecular complexity index is 740. The van der Waals surface area contributed by atoms with Crippen LogP contribution in [0, 0.1) is 0 Å². The Morgan fingerprint density at radius 3 is 2.86 bits per heavy atom. The SMILES string of the molecule is COc1ccc(Cc2noc(-c3cncc(O)c3)n2)cn1. The first-order chi connectivity index (χ1) is 10.2. The molecule has 0 amide bonds. The molecule has 0 unspecified atom stereocenters. The second-order valence-electron chi connectivity index (χ2n) is 4.33. The highest BCUT2D eigenvalue weighted by Crippen LogP contribution is 2.20. The van der Waals surface area contributed by atoms with Gasteiger partial charge in [0.25, 0.3) is 5.89 Å². The van der Waals surface area contributed by atoms with Crippen molar-refractivity contribution in [1.82, 2.24) is 20.1 Å². The van der Waals surface area contributed by atoms with Gasteiger partial charge in [-0.25, -0.2) is 4.98 Å². The van der Waals surface area contributed by atoms with Crippen molar-refractivity contribution in [2.75, 3.05) is 7.11 Å². The second kappa shape index (κ2) is 5.58. The molecule has 106 valence electrons. The third-order valence-electron chi connectivity index (χ3n) is 2.81. The molecule has 0 aliphatic heterocycles. The van der Waals surface area contributed by atoms with Crippen LogP contribution in [0.1, 0.15) is 11.4 Å². The average molecular weight is 284 g/mol. The molecule has 0 fully saturated rings.